The fraction of sp³-hybridized carbons (Fsp3) is 0.208. The number of ether oxygens (including phenoxy) is 4. The highest BCUT2D eigenvalue weighted by Crippen LogP contribution is 2.18. The summed E-state index contributed by atoms with van der Waals surface area (Å²) in [5, 5.41) is 8.67. The van der Waals surface area contributed by atoms with Crippen LogP contribution in [0.15, 0.2) is 66.8 Å². The van der Waals surface area contributed by atoms with E-state index in [1.165, 1.54) is 6.08 Å². The highest BCUT2D eigenvalue weighted by atomic mass is 16.6. The van der Waals surface area contributed by atoms with Crippen LogP contribution in [0.1, 0.15) is 12.0 Å². The third-order valence-electron chi connectivity index (χ3n) is 4.03. The number of methoxy groups -OCH3 is 1. The molecule has 0 amide bonds. The summed E-state index contributed by atoms with van der Waals surface area (Å²) in [7, 11) is 1.55. The van der Waals surface area contributed by atoms with Gasteiger partial charge in [0.25, 0.3) is 0 Å². The Labute approximate surface area is 185 Å². The molecule has 0 aliphatic carbocycles. The van der Waals surface area contributed by atoms with Crippen LogP contribution < -0.4 is 14.2 Å². The number of benzene rings is 2. The van der Waals surface area contributed by atoms with E-state index in [-0.39, 0.29) is 25.2 Å². The largest absolute Gasteiger partial charge is 0.497 e. The van der Waals surface area contributed by atoms with Crippen molar-refractivity contribution < 1.29 is 38.4 Å². The average molecular weight is 440 g/mol. The molecule has 8 heteroatoms. The zero-order valence-electron chi connectivity index (χ0n) is 17.6. The van der Waals surface area contributed by atoms with Crippen LogP contribution in [0.4, 0.5) is 0 Å². The maximum atomic E-state index is 11.9. The van der Waals surface area contributed by atoms with Crippen molar-refractivity contribution in [2.45, 2.75) is 6.42 Å². The number of aliphatic hydroxyl groups is 1. The molecule has 0 aromatic heterocycles. The SMILES string of the molecule is C=C(CC(=O)CO)C(=O)OCCOc1ccc(/C=C/C(=O)Oc2ccc(OC)cc2)cc1. The van der Waals surface area contributed by atoms with E-state index >= 15 is 0 Å². The van der Waals surface area contributed by atoms with Gasteiger partial charge >= 0.3 is 11.9 Å². The molecule has 0 aliphatic heterocycles. The van der Waals surface area contributed by atoms with Crippen LogP contribution in [-0.4, -0.2) is 49.8 Å². The van der Waals surface area contributed by atoms with Gasteiger partial charge in [0.1, 0.15) is 37.1 Å². The van der Waals surface area contributed by atoms with Gasteiger partial charge in [0.2, 0.25) is 0 Å². The molecule has 0 aliphatic rings. The first-order chi connectivity index (χ1) is 15.4. The normalized spacial score (nSPS) is 10.4. The quantitative estimate of drug-likeness (QED) is 0.232. The number of rotatable bonds is 12. The predicted molar refractivity (Wildman–Crippen MR) is 116 cm³/mol. The van der Waals surface area contributed by atoms with Gasteiger partial charge in [-0.25, -0.2) is 9.59 Å². The Kier molecular flexibility index (Phi) is 9.68. The molecule has 2 rings (SSSR count). The van der Waals surface area contributed by atoms with Crippen molar-refractivity contribution in [1.82, 2.24) is 0 Å². The van der Waals surface area contributed by atoms with Crippen LogP contribution in [0.2, 0.25) is 0 Å². The van der Waals surface area contributed by atoms with Gasteiger partial charge in [0.15, 0.2) is 5.78 Å². The second-order valence-corrected chi connectivity index (χ2v) is 6.46. The fourth-order valence-electron chi connectivity index (χ4n) is 2.40. The Morgan fingerprint density at radius 1 is 0.938 bits per heavy atom. The first-order valence-corrected chi connectivity index (χ1v) is 9.65. The molecular weight excluding hydrogens is 416 g/mol. The Hall–Kier alpha value is -3.91. The van der Waals surface area contributed by atoms with Crippen molar-refractivity contribution in [3.8, 4) is 17.2 Å². The molecule has 0 unspecified atom stereocenters. The summed E-state index contributed by atoms with van der Waals surface area (Å²) < 4.78 is 20.7. The lowest BCUT2D eigenvalue weighted by atomic mass is 10.1. The van der Waals surface area contributed by atoms with Gasteiger partial charge in [-0.05, 0) is 48.0 Å². The first kappa shape index (κ1) is 24.4. The summed E-state index contributed by atoms with van der Waals surface area (Å²) in [6, 6.07) is 13.6. The van der Waals surface area contributed by atoms with Crippen LogP contribution in [-0.2, 0) is 19.1 Å². The van der Waals surface area contributed by atoms with E-state index in [1.807, 2.05) is 0 Å². The number of hydrogen-bond donors (Lipinski definition) is 1. The second kappa shape index (κ2) is 12.7. The maximum absolute atomic E-state index is 11.9. The molecule has 0 radical (unpaired) electrons. The van der Waals surface area contributed by atoms with Gasteiger partial charge in [-0.3, -0.25) is 4.79 Å². The molecule has 8 nitrogen and oxygen atoms in total. The number of hydrogen-bond acceptors (Lipinski definition) is 8. The van der Waals surface area contributed by atoms with E-state index < -0.39 is 24.3 Å². The highest BCUT2D eigenvalue weighted by Gasteiger charge is 2.12. The number of Topliss-reactive ketones (excluding diaryl/α,β-unsaturated/α-hetero) is 1. The van der Waals surface area contributed by atoms with Crippen molar-refractivity contribution in [3.05, 3.63) is 72.3 Å². The zero-order chi connectivity index (χ0) is 23.3. The Morgan fingerprint density at radius 3 is 2.19 bits per heavy atom. The summed E-state index contributed by atoms with van der Waals surface area (Å²) in [6.45, 7) is 2.89. The summed E-state index contributed by atoms with van der Waals surface area (Å²) in [6.07, 6.45) is 2.67. The number of esters is 2. The molecule has 0 saturated heterocycles. The predicted octanol–water partition coefficient (Wildman–Crippen LogP) is 2.74. The van der Waals surface area contributed by atoms with Crippen molar-refractivity contribution in [1.29, 1.82) is 0 Å². The molecule has 2 aromatic rings. The topological polar surface area (TPSA) is 108 Å². The smallest absolute Gasteiger partial charge is 0.336 e. The van der Waals surface area contributed by atoms with Gasteiger partial charge in [-0.2, -0.15) is 0 Å². The standard InChI is InChI=1S/C24H24O8/c1-17(15-19(26)16-25)24(28)31-14-13-30-21-6-3-18(4-7-21)5-12-23(27)32-22-10-8-20(29-2)9-11-22/h3-12,25H,1,13-16H2,2H3/b12-5+. The number of ketones is 1. The minimum atomic E-state index is -0.711. The molecule has 1 N–H and O–H groups in total. The molecule has 0 atom stereocenters. The summed E-state index contributed by atoms with van der Waals surface area (Å²) >= 11 is 0. The van der Waals surface area contributed by atoms with Crippen molar-refractivity contribution >= 4 is 23.8 Å². The maximum Gasteiger partial charge on any atom is 0.336 e. The van der Waals surface area contributed by atoms with Crippen molar-refractivity contribution in [2.75, 3.05) is 26.9 Å². The van der Waals surface area contributed by atoms with Gasteiger partial charge in [0, 0.05) is 18.1 Å². The summed E-state index contributed by atoms with van der Waals surface area (Å²) in [4.78, 5) is 34.7. The molecule has 0 bridgehead atoms. The number of carbonyl (C=O) groups excluding carboxylic acids is 3. The lowest BCUT2D eigenvalue weighted by molar-refractivity contribution is -0.140. The Balaban J connectivity index is 1.73. The van der Waals surface area contributed by atoms with Crippen LogP contribution >= 0.6 is 0 Å². The first-order valence-electron chi connectivity index (χ1n) is 9.65. The summed E-state index contributed by atoms with van der Waals surface area (Å²) in [5.41, 5.74) is 0.742. The molecule has 0 heterocycles. The third-order valence-corrected chi connectivity index (χ3v) is 4.03. The van der Waals surface area contributed by atoms with Crippen LogP contribution in [0.3, 0.4) is 0 Å². The van der Waals surface area contributed by atoms with Gasteiger partial charge in [-0.1, -0.05) is 18.7 Å². The molecule has 0 fully saturated rings. The monoisotopic (exact) mass is 440 g/mol. The Bertz CT molecular complexity index is 958. The lowest BCUT2D eigenvalue weighted by Gasteiger charge is -2.08. The molecule has 0 spiro atoms. The molecule has 2 aromatic carbocycles. The average Bonchev–Trinajstić information content (AvgIpc) is 2.81. The lowest BCUT2D eigenvalue weighted by Crippen LogP contribution is -2.16. The fourth-order valence-corrected chi connectivity index (χ4v) is 2.40. The number of aliphatic hydroxyl groups excluding tert-OH is 1. The van der Waals surface area contributed by atoms with E-state index in [9.17, 15) is 14.4 Å². The second-order valence-electron chi connectivity index (χ2n) is 6.46. The molecule has 32 heavy (non-hydrogen) atoms. The third kappa shape index (κ3) is 8.45. The van der Waals surface area contributed by atoms with E-state index in [4.69, 9.17) is 24.1 Å². The molecule has 0 saturated carbocycles. The van der Waals surface area contributed by atoms with Gasteiger partial charge in [0.05, 0.1) is 7.11 Å². The zero-order valence-corrected chi connectivity index (χ0v) is 17.6. The summed E-state index contributed by atoms with van der Waals surface area (Å²) in [5.74, 6) is -0.106. The van der Waals surface area contributed by atoms with Crippen LogP contribution in [0.5, 0.6) is 17.2 Å². The molecular formula is C24H24O8. The minimum Gasteiger partial charge on any atom is -0.497 e. The number of carbonyl (C=O) groups is 3. The van der Waals surface area contributed by atoms with E-state index in [0.29, 0.717) is 17.2 Å². The van der Waals surface area contributed by atoms with Gasteiger partial charge in [-0.15, -0.1) is 0 Å². The van der Waals surface area contributed by atoms with E-state index in [0.717, 1.165) is 5.56 Å². The Morgan fingerprint density at radius 2 is 1.56 bits per heavy atom. The van der Waals surface area contributed by atoms with Crippen molar-refractivity contribution in [3.63, 3.8) is 0 Å². The van der Waals surface area contributed by atoms with E-state index in [2.05, 4.69) is 6.58 Å². The highest BCUT2D eigenvalue weighted by molar-refractivity contribution is 5.95. The van der Waals surface area contributed by atoms with Gasteiger partial charge < -0.3 is 24.1 Å². The van der Waals surface area contributed by atoms with E-state index in [1.54, 1.807) is 61.7 Å². The molecule has 168 valence electrons. The van der Waals surface area contributed by atoms with Crippen LogP contribution in [0, 0.1) is 0 Å². The van der Waals surface area contributed by atoms with Crippen molar-refractivity contribution in [2.24, 2.45) is 0 Å². The van der Waals surface area contributed by atoms with Crippen LogP contribution in [0.25, 0.3) is 6.08 Å². The minimum absolute atomic E-state index is 0.0225.